The van der Waals surface area contributed by atoms with Gasteiger partial charge in [0.2, 0.25) is 10.0 Å². The monoisotopic (exact) mass is 345 g/mol. The molecular weight excluding hydrogens is 331 g/mol. The molecule has 0 aliphatic rings. The van der Waals surface area contributed by atoms with Crippen LogP contribution in [0.1, 0.15) is 24.0 Å². The van der Waals surface area contributed by atoms with E-state index in [4.69, 9.17) is 16.7 Å². The molecule has 21 heavy (non-hydrogen) atoms. The first-order valence-corrected chi connectivity index (χ1v) is 7.89. The third-order valence-electron chi connectivity index (χ3n) is 2.82. The first-order valence-electron chi connectivity index (χ1n) is 6.03. The Morgan fingerprint density at radius 2 is 1.95 bits per heavy atom. The summed E-state index contributed by atoms with van der Waals surface area (Å²) < 4.78 is 62.2. The molecule has 120 valence electrons. The second kappa shape index (κ2) is 6.95. The molecule has 0 spiro atoms. The lowest BCUT2D eigenvalue weighted by Gasteiger charge is -2.13. The highest BCUT2D eigenvalue weighted by molar-refractivity contribution is 7.89. The average Bonchev–Trinajstić information content (AvgIpc) is 2.36. The van der Waals surface area contributed by atoms with Crippen molar-refractivity contribution in [1.29, 1.82) is 0 Å². The van der Waals surface area contributed by atoms with Gasteiger partial charge in [-0.2, -0.15) is 13.2 Å². The summed E-state index contributed by atoms with van der Waals surface area (Å²) in [6.07, 6.45) is -5.73. The van der Waals surface area contributed by atoms with Gasteiger partial charge in [0.25, 0.3) is 0 Å². The summed E-state index contributed by atoms with van der Waals surface area (Å²) in [5.74, 6) is 0. The minimum Gasteiger partial charge on any atom is -0.392 e. The molecule has 0 heterocycles. The third kappa shape index (κ3) is 5.46. The SMILES string of the molecule is Cc1c(CO)cc(Cl)cc1S(=O)(=O)NCCCC(F)(F)F. The Balaban J connectivity index is 2.86. The van der Waals surface area contributed by atoms with Crippen LogP contribution in [-0.2, 0) is 16.6 Å². The molecule has 0 aromatic heterocycles. The summed E-state index contributed by atoms with van der Waals surface area (Å²) in [5.41, 5.74) is 0.656. The van der Waals surface area contributed by atoms with Crippen LogP contribution in [-0.4, -0.2) is 26.2 Å². The van der Waals surface area contributed by atoms with Gasteiger partial charge in [0, 0.05) is 18.0 Å². The van der Waals surface area contributed by atoms with Crippen molar-refractivity contribution in [2.45, 2.75) is 37.4 Å². The van der Waals surface area contributed by atoms with Crippen molar-refractivity contribution in [2.24, 2.45) is 0 Å². The van der Waals surface area contributed by atoms with Crippen LogP contribution in [0.4, 0.5) is 13.2 Å². The number of aliphatic hydroxyl groups excluding tert-OH is 1. The van der Waals surface area contributed by atoms with Crippen molar-refractivity contribution >= 4 is 21.6 Å². The van der Waals surface area contributed by atoms with Gasteiger partial charge in [-0.15, -0.1) is 0 Å². The Morgan fingerprint density at radius 3 is 2.48 bits per heavy atom. The van der Waals surface area contributed by atoms with Crippen LogP contribution in [0.25, 0.3) is 0 Å². The Bertz CT molecular complexity index is 603. The Morgan fingerprint density at radius 1 is 1.33 bits per heavy atom. The molecule has 0 amide bonds. The highest BCUT2D eigenvalue weighted by atomic mass is 35.5. The Kier molecular flexibility index (Phi) is 6.03. The van der Waals surface area contributed by atoms with Crippen molar-refractivity contribution in [3.63, 3.8) is 0 Å². The fourth-order valence-corrected chi connectivity index (χ4v) is 3.41. The lowest BCUT2D eigenvalue weighted by molar-refractivity contribution is -0.135. The topological polar surface area (TPSA) is 66.4 Å². The quantitative estimate of drug-likeness (QED) is 0.779. The van der Waals surface area contributed by atoms with Crippen LogP contribution >= 0.6 is 11.6 Å². The average molecular weight is 346 g/mol. The first kappa shape index (κ1) is 18.2. The molecule has 0 atom stereocenters. The molecule has 0 saturated heterocycles. The van der Waals surface area contributed by atoms with Gasteiger partial charge in [-0.05, 0) is 36.6 Å². The Hall–Kier alpha value is -0.830. The van der Waals surface area contributed by atoms with E-state index in [0.29, 0.717) is 11.1 Å². The highest BCUT2D eigenvalue weighted by Gasteiger charge is 2.26. The molecule has 4 nitrogen and oxygen atoms in total. The fraction of sp³-hybridized carbons (Fsp3) is 0.500. The van der Waals surface area contributed by atoms with E-state index in [0.717, 1.165) is 0 Å². The predicted molar refractivity (Wildman–Crippen MR) is 72.6 cm³/mol. The lowest BCUT2D eigenvalue weighted by Crippen LogP contribution is -2.26. The van der Waals surface area contributed by atoms with Gasteiger partial charge in [-0.25, -0.2) is 13.1 Å². The standard InChI is InChI=1S/C12H15ClF3NO3S/c1-8-9(7-18)5-10(13)6-11(8)21(19,20)17-4-2-3-12(14,15)16/h5-6,17-18H,2-4,7H2,1H3. The molecule has 0 fully saturated rings. The molecule has 0 aliphatic heterocycles. The normalized spacial score (nSPS) is 12.7. The maximum Gasteiger partial charge on any atom is 0.389 e. The number of rotatable bonds is 6. The number of alkyl halides is 3. The minimum atomic E-state index is -4.32. The van der Waals surface area contributed by atoms with E-state index in [1.54, 1.807) is 0 Å². The van der Waals surface area contributed by atoms with Crippen LogP contribution in [0.15, 0.2) is 17.0 Å². The molecule has 0 bridgehead atoms. The second-order valence-corrected chi connectivity index (χ2v) is 6.63. The highest BCUT2D eigenvalue weighted by Crippen LogP contribution is 2.25. The lowest BCUT2D eigenvalue weighted by atomic mass is 10.1. The van der Waals surface area contributed by atoms with E-state index in [-0.39, 0.29) is 29.5 Å². The molecule has 1 aromatic rings. The van der Waals surface area contributed by atoms with Crippen LogP contribution in [0, 0.1) is 6.92 Å². The molecule has 0 aliphatic carbocycles. The number of nitrogens with one attached hydrogen (secondary N) is 1. The van der Waals surface area contributed by atoms with E-state index in [1.165, 1.54) is 19.1 Å². The zero-order valence-electron chi connectivity index (χ0n) is 11.2. The number of halogens is 4. The van der Waals surface area contributed by atoms with Gasteiger partial charge in [0.05, 0.1) is 11.5 Å². The van der Waals surface area contributed by atoms with Crippen molar-refractivity contribution in [3.05, 3.63) is 28.3 Å². The van der Waals surface area contributed by atoms with Gasteiger partial charge in [0.1, 0.15) is 0 Å². The predicted octanol–water partition coefficient (Wildman–Crippen LogP) is 2.76. The van der Waals surface area contributed by atoms with E-state index < -0.39 is 22.6 Å². The van der Waals surface area contributed by atoms with E-state index in [1.807, 2.05) is 0 Å². The summed E-state index contributed by atoms with van der Waals surface area (Å²) in [6, 6.07) is 2.63. The van der Waals surface area contributed by atoms with Crippen molar-refractivity contribution in [2.75, 3.05) is 6.54 Å². The zero-order chi connectivity index (χ0) is 16.3. The summed E-state index contributed by atoms with van der Waals surface area (Å²) in [7, 11) is -3.98. The van der Waals surface area contributed by atoms with Gasteiger partial charge in [-0.3, -0.25) is 0 Å². The second-order valence-electron chi connectivity index (χ2n) is 4.46. The number of hydrogen-bond acceptors (Lipinski definition) is 3. The molecule has 0 unspecified atom stereocenters. The van der Waals surface area contributed by atoms with E-state index in [9.17, 15) is 21.6 Å². The smallest absolute Gasteiger partial charge is 0.389 e. The van der Waals surface area contributed by atoms with Gasteiger partial charge >= 0.3 is 6.18 Å². The molecule has 1 rings (SSSR count). The molecule has 1 aromatic carbocycles. The van der Waals surface area contributed by atoms with Gasteiger partial charge in [0.15, 0.2) is 0 Å². The number of hydrogen-bond donors (Lipinski definition) is 2. The van der Waals surface area contributed by atoms with E-state index >= 15 is 0 Å². The maximum atomic E-state index is 12.1. The molecule has 2 N–H and O–H groups in total. The summed E-state index contributed by atoms with van der Waals surface area (Å²) in [6.45, 7) is 0.775. The number of benzene rings is 1. The van der Waals surface area contributed by atoms with Crippen LogP contribution in [0.2, 0.25) is 5.02 Å². The largest absolute Gasteiger partial charge is 0.392 e. The van der Waals surface area contributed by atoms with Gasteiger partial charge < -0.3 is 5.11 Å². The summed E-state index contributed by atoms with van der Waals surface area (Å²) in [5, 5.41) is 9.26. The zero-order valence-corrected chi connectivity index (χ0v) is 12.7. The maximum absolute atomic E-state index is 12.1. The van der Waals surface area contributed by atoms with Crippen molar-refractivity contribution in [3.8, 4) is 0 Å². The molecular formula is C12H15ClF3NO3S. The Labute approximate surface area is 126 Å². The molecule has 0 saturated carbocycles. The first-order chi connectivity index (χ1) is 9.57. The van der Waals surface area contributed by atoms with Crippen LogP contribution in [0.3, 0.4) is 0 Å². The fourth-order valence-electron chi connectivity index (χ4n) is 1.72. The summed E-state index contributed by atoms with van der Waals surface area (Å²) >= 11 is 5.78. The molecule has 0 radical (unpaired) electrons. The van der Waals surface area contributed by atoms with Crippen molar-refractivity contribution < 1.29 is 26.7 Å². The minimum absolute atomic E-state index is 0.125. The molecule has 9 heteroatoms. The number of aliphatic hydroxyl groups is 1. The van der Waals surface area contributed by atoms with E-state index in [2.05, 4.69) is 4.72 Å². The third-order valence-corrected chi connectivity index (χ3v) is 4.63. The summed E-state index contributed by atoms with van der Waals surface area (Å²) in [4.78, 5) is -0.147. The van der Waals surface area contributed by atoms with Crippen LogP contribution < -0.4 is 4.72 Å². The van der Waals surface area contributed by atoms with Gasteiger partial charge in [-0.1, -0.05) is 11.6 Å². The van der Waals surface area contributed by atoms with Crippen molar-refractivity contribution in [1.82, 2.24) is 4.72 Å². The van der Waals surface area contributed by atoms with Crippen LogP contribution in [0.5, 0.6) is 0 Å². The number of sulfonamides is 1.